The topological polar surface area (TPSA) is 51.2 Å². The van der Waals surface area contributed by atoms with Crippen LogP contribution in [0.2, 0.25) is 0 Å². The highest BCUT2D eigenvalue weighted by Crippen LogP contribution is 2.27. The zero-order valence-corrected chi connectivity index (χ0v) is 15.4. The fourth-order valence-electron chi connectivity index (χ4n) is 2.20. The number of amides is 1. The Bertz CT molecular complexity index is 846. The molecule has 0 saturated heterocycles. The van der Waals surface area contributed by atoms with Crippen LogP contribution in [0.5, 0.6) is 5.75 Å². The second kappa shape index (κ2) is 7.59. The molecule has 0 aliphatic heterocycles. The molecule has 2 aromatic carbocycles. The lowest BCUT2D eigenvalue weighted by Gasteiger charge is -2.04. The number of ether oxygens (including phenoxy) is 1. The number of nitrogens with one attached hydrogen (secondary N) is 1. The van der Waals surface area contributed by atoms with Gasteiger partial charge in [0.2, 0.25) is 5.91 Å². The van der Waals surface area contributed by atoms with Gasteiger partial charge in [0, 0.05) is 15.4 Å². The highest BCUT2D eigenvalue weighted by Gasteiger charge is 2.09. The number of carbonyl (C=O) groups excluding carboxylic acids is 1. The first-order valence-corrected chi connectivity index (χ1v) is 8.95. The van der Waals surface area contributed by atoms with Gasteiger partial charge < -0.3 is 10.1 Å². The van der Waals surface area contributed by atoms with Crippen LogP contribution in [0, 0.1) is 0 Å². The van der Waals surface area contributed by atoms with E-state index < -0.39 is 0 Å². The van der Waals surface area contributed by atoms with E-state index in [4.69, 9.17) is 4.74 Å². The Hall–Kier alpha value is -2.18. The van der Waals surface area contributed by atoms with E-state index in [1.165, 1.54) is 11.3 Å². The van der Waals surface area contributed by atoms with E-state index in [1.807, 2.05) is 53.9 Å². The maximum Gasteiger partial charge on any atom is 0.230 e. The van der Waals surface area contributed by atoms with Crippen molar-refractivity contribution in [2.24, 2.45) is 0 Å². The molecular formula is C18H15BrN2O2S. The van der Waals surface area contributed by atoms with Gasteiger partial charge in [0.05, 0.1) is 19.2 Å². The van der Waals surface area contributed by atoms with Crippen molar-refractivity contribution < 1.29 is 9.53 Å². The van der Waals surface area contributed by atoms with E-state index >= 15 is 0 Å². The lowest BCUT2D eigenvalue weighted by Crippen LogP contribution is -2.14. The largest absolute Gasteiger partial charge is 0.497 e. The SMILES string of the molecule is COc1ccc(CC(=O)Nc2nc(-c3cccc(Br)c3)cs2)cc1. The smallest absolute Gasteiger partial charge is 0.230 e. The average Bonchev–Trinajstić information content (AvgIpc) is 3.04. The van der Waals surface area contributed by atoms with E-state index in [0.717, 1.165) is 27.0 Å². The van der Waals surface area contributed by atoms with E-state index in [1.54, 1.807) is 7.11 Å². The first-order valence-electron chi connectivity index (χ1n) is 7.28. The van der Waals surface area contributed by atoms with Crippen molar-refractivity contribution in [3.05, 3.63) is 63.9 Å². The van der Waals surface area contributed by atoms with Crippen LogP contribution in [0.1, 0.15) is 5.56 Å². The number of nitrogens with zero attached hydrogens (tertiary/aromatic N) is 1. The van der Waals surface area contributed by atoms with Gasteiger partial charge in [0.15, 0.2) is 5.13 Å². The molecule has 1 amide bonds. The number of anilines is 1. The van der Waals surface area contributed by atoms with Crippen LogP contribution in [-0.2, 0) is 11.2 Å². The van der Waals surface area contributed by atoms with Gasteiger partial charge in [-0.15, -0.1) is 11.3 Å². The van der Waals surface area contributed by atoms with Gasteiger partial charge >= 0.3 is 0 Å². The fraction of sp³-hybridized carbons (Fsp3) is 0.111. The Morgan fingerprint density at radius 2 is 2.04 bits per heavy atom. The van der Waals surface area contributed by atoms with Crippen molar-refractivity contribution in [3.63, 3.8) is 0 Å². The van der Waals surface area contributed by atoms with E-state index in [9.17, 15) is 4.79 Å². The van der Waals surface area contributed by atoms with Crippen LogP contribution in [-0.4, -0.2) is 18.0 Å². The molecule has 0 bridgehead atoms. The third kappa shape index (κ3) is 4.21. The molecule has 1 heterocycles. The van der Waals surface area contributed by atoms with Crippen molar-refractivity contribution >= 4 is 38.3 Å². The van der Waals surface area contributed by atoms with Gasteiger partial charge in [-0.2, -0.15) is 0 Å². The number of carbonyl (C=O) groups is 1. The summed E-state index contributed by atoms with van der Waals surface area (Å²) >= 11 is 4.87. The molecule has 1 aromatic heterocycles. The summed E-state index contributed by atoms with van der Waals surface area (Å²) in [4.78, 5) is 16.6. The van der Waals surface area contributed by atoms with Crippen molar-refractivity contribution in [2.45, 2.75) is 6.42 Å². The number of hydrogen-bond donors (Lipinski definition) is 1. The molecular weight excluding hydrogens is 388 g/mol. The second-order valence-electron chi connectivity index (χ2n) is 5.12. The number of benzene rings is 2. The highest BCUT2D eigenvalue weighted by atomic mass is 79.9. The molecule has 0 unspecified atom stereocenters. The molecule has 0 spiro atoms. The van der Waals surface area contributed by atoms with Crippen molar-refractivity contribution in [1.82, 2.24) is 4.98 Å². The standard InChI is InChI=1S/C18H15BrN2O2S/c1-23-15-7-5-12(6-8-15)9-17(22)21-18-20-16(11-24-18)13-3-2-4-14(19)10-13/h2-8,10-11H,9H2,1H3,(H,20,21,22). The monoisotopic (exact) mass is 402 g/mol. The number of rotatable bonds is 5. The Morgan fingerprint density at radius 1 is 1.25 bits per heavy atom. The summed E-state index contributed by atoms with van der Waals surface area (Å²) < 4.78 is 6.11. The van der Waals surface area contributed by atoms with Crippen LogP contribution in [0.4, 0.5) is 5.13 Å². The summed E-state index contributed by atoms with van der Waals surface area (Å²) in [7, 11) is 1.62. The van der Waals surface area contributed by atoms with Gasteiger partial charge in [-0.05, 0) is 29.8 Å². The lowest BCUT2D eigenvalue weighted by molar-refractivity contribution is -0.115. The molecule has 24 heavy (non-hydrogen) atoms. The van der Waals surface area contributed by atoms with Crippen LogP contribution in [0.15, 0.2) is 58.4 Å². The Kier molecular flexibility index (Phi) is 5.27. The summed E-state index contributed by atoms with van der Waals surface area (Å²) in [5.41, 5.74) is 2.79. The predicted octanol–water partition coefficient (Wildman–Crippen LogP) is 4.76. The number of aromatic nitrogens is 1. The molecule has 3 aromatic rings. The zero-order chi connectivity index (χ0) is 16.9. The maximum absolute atomic E-state index is 12.2. The zero-order valence-electron chi connectivity index (χ0n) is 13.0. The van der Waals surface area contributed by atoms with Gasteiger partial charge in [-0.3, -0.25) is 4.79 Å². The predicted molar refractivity (Wildman–Crippen MR) is 101 cm³/mol. The summed E-state index contributed by atoms with van der Waals surface area (Å²) in [6.07, 6.45) is 0.301. The molecule has 4 nitrogen and oxygen atoms in total. The molecule has 122 valence electrons. The number of thiazole rings is 1. The Balaban J connectivity index is 1.64. The van der Waals surface area contributed by atoms with E-state index in [0.29, 0.717) is 11.6 Å². The first kappa shape index (κ1) is 16.7. The molecule has 1 N–H and O–H groups in total. The fourth-order valence-corrected chi connectivity index (χ4v) is 3.34. The Morgan fingerprint density at radius 3 is 2.75 bits per heavy atom. The summed E-state index contributed by atoms with van der Waals surface area (Å²) in [6.45, 7) is 0. The van der Waals surface area contributed by atoms with Crippen LogP contribution < -0.4 is 10.1 Å². The molecule has 0 fully saturated rings. The van der Waals surface area contributed by atoms with Crippen LogP contribution in [0.3, 0.4) is 0 Å². The minimum Gasteiger partial charge on any atom is -0.497 e. The number of halogens is 1. The van der Waals surface area contributed by atoms with Crippen LogP contribution in [0.25, 0.3) is 11.3 Å². The molecule has 0 radical (unpaired) electrons. The highest BCUT2D eigenvalue weighted by molar-refractivity contribution is 9.10. The molecule has 0 saturated carbocycles. The minimum absolute atomic E-state index is 0.0877. The van der Waals surface area contributed by atoms with Crippen LogP contribution >= 0.6 is 27.3 Å². The summed E-state index contributed by atoms with van der Waals surface area (Å²) in [6, 6.07) is 15.4. The van der Waals surface area contributed by atoms with Crippen molar-refractivity contribution in [1.29, 1.82) is 0 Å². The summed E-state index contributed by atoms with van der Waals surface area (Å²) in [5.74, 6) is 0.688. The van der Waals surface area contributed by atoms with E-state index in [-0.39, 0.29) is 5.91 Å². The molecule has 6 heteroatoms. The van der Waals surface area contributed by atoms with Crippen molar-refractivity contribution in [2.75, 3.05) is 12.4 Å². The minimum atomic E-state index is -0.0877. The quantitative estimate of drug-likeness (QED) is 0.668. The van der Waals surface area contributed by atoms with Gasteiger partial charge in [-0.25, -0.2) is 4.98 Å². The van der Waals surface area contributed by atoms with Gasteiger partial charge in [0.25, 0.3) is 0 Å². The third-order valence-electron chi connectivity index (χ3n) is 3.39. The summed E-state index contributed by atoms with van der Waals surface area (Å²) in [5, 5.41) is 5.39. The maximum atomic E-state index is 12.2. The molecule has 0 aliphatic rings. The third-order valence-corrected chi connectivity index (χ3v) is 4.65. The van der Waals surface area contributed by atoms with E-state index in [2.05, 4.69) is 26.2 Å². The Labute approximate surface area is 152 Å². The van der Waals surface area contributed by atoms with Gasteiger partial charge in [-0.1, -0.05) is 40.2 Å². The van der Waals surface area contributed by atoms with Gasteiger partial charge in [0.1, 0.15) is 5.75 Å². The average molecular weight is 403 g/mol. The first-order chi connectivity index (χ1) is 11.6. The lowest BCUT2D eigenvalue weighted by atomic mass is 10.1. The molecule has 0 aliphatic carbocycles. The molecule has 0 atom stereocenters. The second-order valence-corrected chi connectivity index (χ2v) is 6.90. The molecule has 3 rings (SSSR count). The number of methoxy groups -OCH3 is 1. The number of hydrogen-bond acceptors (Lipinski definition) is 4. The normalized spacial score (nSPS) is 10.4. The van der Waals surface area contributed by atoms with Crippen molar-refractivity contribution in [3.8, 4) is 17.0 Å².